The van der Waals surface area contributed by atoms with Gasteiger partial charge in [0.15, 0.2) is 0 Å². The van der Waals surface area contributed by atoms with Gasteiger partial charge in [0, 0.05) is 0 Å². The molecule has 0 spiro atoms. The fraction of sp³-hybridized carbons (Fsp3) is 0.556. The molecule has 2 saturated heterocycles. The molecule has 0 N–H and O–H groups in total. The molecule has 4 amide bonds. The van der Waals surface area contributed by atoms with Crippen molar-refractivity contribution in [3.63, 3.8) is 0 Å². The maximum Gasteiger partial charge on any atom is 0.238 e. The predicted octanol–water partition coefficient (Wildman–Crippen LogP) is 0.820. The Balaban J connectivity index is 1.37. The topological polar surface area (TPSA) is 84.0 Å². The molecule has 2 aliphatic heterocycles. The third kappa shape index (κ3) is 2.54. The molecule has 2 heterocycles. The minimum atomic E-state index is -0.395. The number of ether oxygens (including phenoxy) is 1. The third-order valence-electron chi connectivity index (χ3n) is 5.55. The predicted molar refractivity (Wildman–Crippen MR) is 85.2 cm³/mol. The Labute approximate surface area is 145 Å². The van der Waals surface area contributed by atoms with Crippen LogP contribution in [0, 0.1) is 23.7 Å². The highest BCUT2D eigenvalue weighted by Crippen LogP contribution is 2.35. The van der Waals surface area contributed by atoms with Crippen LogP contribution in [0.2, 0.25) is 0 Å². The fourth-order valence-electron chi connectivity index (χ4n) is 4.18. The number of hydrogen-bond acceptors (Lipinski definition) is 5. The second-order valence-electron chi connectivity index (χ2n) is 6.95. The van der Waals surface area contributed by atoms with Gasteiger partial charge in [-0.05, 0) is 25.7 Å². The molecule has 4 aliphatic rings. The summed E-state index contributed by atoms with van der Waals surface area (Å²) >= 11 is 0. The van der Waals surface area contributed by atoms with Crippen molar-refractivity contribution in [3.8, 4) is 0 Å². The number of carbonyl (C=O) groups is 4. The number of hydrogen-bond donors (Lipinski definition) is 0. The molecule has 2 aliphatic carbocycles. The largest absolute Gasteiger partial charge is 0.340 e. The van der Waals surface area contributed by atoms with Crippen LogP contribution in [0.1, 0.15) is 25.7 Å². The number of carbonyl (C=O) groups excluding carboxylic acids is 4. The summed E-state index contributed by atoms with van der Waals surface area (Å²) in [7, 11) is 0. The monoisotopic (exact) mass is 344 g/mol. The highest BCUT2D eigenvalue weighted by atomic mass is 16.5. The molecule has 0 aromatic carbocycles. The molecule has 132 valence electrons. The van der Waals surface area contributed by atoms with Crippen molar-refractivity contribution in [1.29, 1.82) is 0 Å². The van der Waals surface area contributed by atoms with Crippen molar-refractivity contribution in [2.75, 3.05) is 13.5 Å². The summed E-state index contributed by atoms with van der Waals surface area (Å²) in [5.74, 6) is -2.37. The lowest BCUT2D eigenvalue weighted by Gasteiger charge is -2.18. The first kappa shape index (κ1) is 16.2. The number of allylic oxidation sites excluding steroid dienone is 2. The standard InChI is InChI=1S/C18H20N2O5/c21-15-11-5-1-2-6-12(11)16(22)19(15)9-25-10-20-17(23)13-7-3-4-8-14(13)18(20)24/h1,3,5,7,11-14H,2,4,6,8-10H2. The zero-order chi connectivity index (χ0) is 17.6. The van der Waals surface area contributed by atoms with E-state index in [1.54, 1.807) is 12.2 Å². The van der Waals surface area contributed by atoms with E-state index in [9.17, 15) is 19.2 Å². The van der Waals surface area contributed by atoms with Gasteiger partial charge in [-0.25, -0.2) is 0 Å². The minimum Gasteiger partial charge on any atom is -0.340 e. The normalized spacial score (nSPS) is 34.1. The molecule has 0 aromatic heterocycles. The van der Waals surface area contributed by atoms with Crippen LogP contribution < -0.4 is 0 Å². The maximum atomic E-state index is 12.3. The van der Waals surface area contributed by atoms with Gasteiger partial charge in [0.05, 0.1) is 23.7 Å². The molecular formula is C18H20N2O5. The number of rotatable bonds is 4. The zero-order valence-corrected chi connectivity index (χ0v) is 13.8. The molecule has 7 heteroatoms. The maximum absolute atomic E-state index is 12.3. The Hall–Kier alpha value is -2.28. The Kier molecular flexibility index (Phi) is 4.03. The molecule has 7 nitrogen and oxygen atoms in total. The van der Waals surface area contributed by atoms with Crippen molar-refractivity contribution in [1.82, 2.24) is 9.80 Å². The highest BCUT2D eigenvalue weighted by molar-refractivity contribution is 6.06. The Morgan fingerprint density at radius 3 is 1.60 bits per heavy atom. The van der Waals surface area contributed by atoms with Gasteiger partial charge in [-0.2, -0.15) is 0 Å². The molecule has 4 unspecified atom stereocenters. The van der Waals surface area contributed by atoms with Crippen LogP contribution in [0.15, 0.2) is 24.3 Å². The van der Waals surface area contributed by atoms with Gasteiger partial charge in [-0.3, -0.25) is 29.0 Å². The smallest absolute Gasteiger partial charge is 0.238 e. The van der Waals surface area contributed by atoms with Crippen LogP contribution in [-0.2, 0) is 23.9 Å². The lowest BCUT2D eigenvalue weighted by molar-refractivity contribution is -0.153. The van der Waals surface area contributed by atoms with E-state index in [1.807, 2.05) is 12.2 Å². The van der Waals surface area contributed by atoms with Crippen LogP contribution >= 0.6 is 0 Å². The Morgan fingerprint density at radius 1 is 0.760 bits per heavy atom. The van der Waals surface area contributed by atoms with Crippen LogP contribution in [0.4, 0.5) is 0 Å². The quantitative estimate of drug-likeness (QED) is 0.557. The molecule has 0 aromatic rings. The second-order valence-corrected chi connectivity index (χ2v) is 6.95. The lowest BCUT2D eigenvalue weighted by Crippen LogP contribution is -2.38. The van der Waals surface area contributed by atoms with Crippen molar-refractivity contribution in [2.24, 2.45) is 23.7 Å². The van der Waals surface area contributed by atoms with Crippen molar-refractivity contribution in [3.05, 3.63) is 24.3 Å². The van der Waals surface area contributed by atoms with Gasteiger partial charge in [-0.1, -0.05) is 24.3 Å². The van der Waals surface area contributed by atoms with Crippen molar-refractivity contribution in [2.45, 2.75) is 25.7 Å². The second kappa shape index (κ2) is 6.22. The Morgan fingerprint density at radius 2 is 1.20 bits per heavy atom. The van der Waals surface area contributed by atoms with Gasteiger partial charge in [0.1, 0.15) is 13.5 Å². The summed E-state index contributed by atoms with van der Waals surface area (Å²) in [5, 5.41) is 0. The number of likely N-dealkylation sites (tertiary alicyclic amines) is 2. The van der Waals surface area contributed by atoms with Gasteiger partial charge < -0.3 is 4.74 Å². The summed E-state index contributed by atoms with van der Waals surface area (Å²) in [6, 6.07) is 0. The minimum absolute atomic E-state index is 0.221. The third-order valence-corrected chi connectivity index (χ3v) is 5.55. The van der Waals surface area contributed by atoms with Crippen LogP contribution in [0.25, 0.3) is 0 Å². The molecular weight excluding hydrogens is 324 g/mol. The average Bonchev–Trinajstić information content (AvgIpc) is 3.03. The van der Waals surface area contributed by atoms with Gasteiger partial charge in [0.25, 0.3) is 0 Å². The number of amides is 4. The summed E-state index contributed by atoms with van der Waals surface area (Å²) in [4.78, 5) is 51.5. The van der Waals surface area contributed by atoms with Crippen LogP contribution in [0.5, 0.6) is 0 Å². The van der Waals surface area contributed by atoms with Gasteiger partial charge in [-0.15, -0.1) is 0 Å². The molecule has 0 saturated carbocycles. The zero-order valence-electron chi connectivity index (χ0n) is 13.8. The van der Waals surface area contributed by atoms with E-state index in [4.69, 9.17) is 4.74 Å². The van der Waals surface area contributed by atoms with Crippen LogP contribution in [0.3, 0.4) is 0 Å². The van der Waals surface area contributed by atoms with E-state index in [2.05, 4.69) is 0 Å². The molecule has 0 bridgehead atoms. The highest BCUT2D eigenvalue weighted by Gasteiger charge is 2.48. The average molecular weight is 344 g/mol. The number of nitrogens with zero attached hydrogens (tertiary/aromatic N) is 2. The summed E-state index contributed by atoms with van der Waals surface area (Å²) < 4.78 is 5.42. The molecule has 2 fully saturated rings. The first-order valence-corrected chi connectivity index (χ1v) is 8.71. The Bertz CT molecular complexity index is 640. The van der Waals surface area contributed by atoms with E-state index < -0.39 is 11.8 Å². The lowest BCUT2D eigenvalue weighted by atomic mass is 9.86. The summed E-state index contributed by atoms with van der Waals surface area (Å²) in [6.45, 7) is -0.443. The van der Waals surface area contributed by atoms with E-state index in [-0.39, 0.29) is 48.9 Å². The number of imide groups is 2. The van der Waals surface area contributed by atoms with E-state index in [1.165, 1.54) is 0 Å². The summed E-state index contributed by atoms with van der Waals surface area (Å²) in [5.41, 5.74) is 0. The van der Waals surface area contributed by atoms with Crippen LogP contribution in [-0.4, -0.2) is 46.9 Å². The molecule has 0 radical (unpaired) electrons. The van der Waals surface area contributed by atoms with Crippen molar-refractivity contribution < 1.29 is 23.9 Å². The molecule has 25 heavy (non-hydrogen) atoms. The molecule has 4 atom stereocenters. The fourth-order valence-corrected chi connectivity index (χ4v) is 4.18. The van der Waals surface area contributed by atoms with E-state index in [0.29, 0.717) is 12.8 Å². The summed E-state index contributed by atoms with van der Waals surface area (Å²) in [6.07, 6.45) is 10.4. The first-order valence-electron chi connectivity index (χ1n) is 8.71. The number of fused-ring (bicyclic) bond motifs is 2. The van der Waals surface area contributed by atoms with E-state index in [0.717, 1.165) is 22.6 Å². The SMILES string of the molecule is O=C1C2C=CCCC2C(=O)N1COCN1C(=O)C2C=CCCC2C1=O. The van der Waals surface area contributed by atoms with Gasteiger partial charge >= 0.3 is 0 Å². The van der Waals surface area contributed by atoms with E-state index >= 15 is 0 Å². The molecule has 4 rings (SSSR count). The van der Waals surface area contributed by atoms with Crippen molar-refractivity contribution >= 4 is 23.6 Å². The van der Waals surface area contributed by atoms with Gasteiger partial charge in [0.2, 0.25) is 23.6 Å². The first-order chi connectivity index (χ1) is 12.1.